The molecular weight excluding hydrogens is 230 g/mol. The molecule has 0 bridgehead atoms. The average Bonchev–Trinajstić information content (AvgIpc) is 2.83. The molecule has 5 nitrogen and oxygen atoms in total. The van der Waals surface area contributed by atoms with Gasteiger partial charge in [0.2, 0.25) is 0 Å². The van der Waals surface area contributed by atoms with Crippen LogP contribution in [0.4, 0.5) is 0 Å². The Balaban J connectivity index is 2.51. The minimum atomic E-state index is -0.994. The lowest BCUT2D eigenvalue weighted by molar-refractivity contribution is 0.0690. The Morgan fingerprint density at radius 2 is 2.06 bits per heavy atom. The van der Waals surface area contributed by atoms with E-state index in [1.165, 1.54) is 0 Å². The van der Waals surface area contributed by atoms with Gasteiger partial charge in [-0.3, -0.25) is 5.10 Å². The average molecular weight is 247 g/mol. The summed E-state index contributed by atoms with van der Waals surface area (Å²) in [4.78, 5) is 10.8. The number of aryl methyl sites for hydroxylation is 1. The molecule has 0 aromatic carbocycles. The van der Waals surface area contributed by atoms with Gasteiger partial charge in [0, 0.05) is 23.0 Å². The molecule has 0 amide bonds. The van der Waals surface area contributed by atoms with Crippen molar-refractivity contribution < 1.29 is 9.90 Å². The van der Waals surface area contributed by atoms with Crippen molar-refractivity contribution in [2.24, 2.45) is 0 Å². The molecule has 0 spiro atoms. The summed E-state index contributed by atoms with van der Waals surface area (Å²) in [5, 5.41) is 15.5. The highest BCUT2D eigenvalue weighted by Crippen LogP contribution is 2.28. The summed E-state index contributed by atoms with van der Waals surface area (Å²) in [5.41, 5.74) is 4.01. The van der Waals surface area contributed by atoms with E-state index in [9.17, 15) is 4.79 Å². The van der Waals surface area contributed by atoms with E-state index in [2.05, 4.69) is 28.6 Å². The van der Waals surface area contributed by atoms with Gasteiger partial charge in [0.25, 0.3) is 0 Å². The molecule has 0 saturated heterocycles. The molecule has 2 N–H and O–H groups in total. The largest absolute Gasteiger partial charge is 0.477 e. The first-order valence-corrected chi connectivity index (χ1v) is 5.89. The van der Waals surface area contributed by atoms with Crippen LogP contribution in [0.15, 0.2) is 12.1 Å². The summed E-state index contributed by atoms with van der Waals surface area (Å²) in [7, 11) is 0. The molecule has 0 saturated carbocycles. The van der Waals surface area contributed by atoms with E-state index in [0.29, 0.717) is 11.7 Å². The fourth-order valence-corrected chi connectivity index (χ4v) is 2.40. The minimum Gasteiger partial charge on any atom is -0.477 e. The van der Waals surface area contributed by atoms with Crippen LogP contribution in [0.25, 0.3) is 11.3 Å². The molecule has 0 radical (unpaired) electrons. The van der Waals surface area contributed by atoms with E-state index < -0.39 is 5.97 Å². The maximum Gasteiger partial charge on any atom is 0.353 e. The van der Waals surface area contributed by atoms with Crippen LogP contribution in [0.2, 0.25) is 0 Å². The lowest BCUT2D eigenvalue weighted by Crippen LogP contribution is -2.04. The van der Waals surface area contributed by atoms with Crippen molar-refractivity contribution in [1.29, 1.82) is 0 Å². The van der Waals surface area contributed by atoms with Crippen molar-refractivity contribution in [3.05, 3.63) is 29.2 Å². The lowest BCUT2D eigenvalue weighted by atomic mass is 10.1. The molecule has 2 rings (SSSR count). The van der Waals surface area contributed by atoms with E-state index in [-0.39, 0.29) is 5.69 Å². The number of nitrogens with one attached hydrogen (secondary N) is 1. The number of carbonyl (C=O) groups is 1. The summed E-state index contributed by atoms with van der Waals surface area (Å²) in [6.07, 6.45) is 0. The Morgan fingerprint density at radius 1 is 1.39 bits per heavy atom. The first-order valence-electron chi connectivity index (χ1n) is 5.89. The van der Waals surface area contributed by atoms with Crippen molar-refractivity contribution in [1.82, 2.24) is 14.8 Å². The molecule has 18 heavy (non-hydrogen) atoms. The van der Waals surface area contributed by atoms with E-state index in [1.807, 2.05) is 19.9 Å². The second kappa shape index (κ2) is 4.33. The normalized spacial score (nSPS) is 11.2. The molecule has 2 aromatic rings. The summed E-state index contributed by atoms with van der Waals surface area (Å²) in [5.74, 6) is -0.994. The smallest absolute Gasteiger partial charge is 0.353 e. The fourth-order valence-electron chi connectivity index (χ4n) is 2.40. The third kappa shape index (κ3) is 1.92. The zero-order valence-electron chi connectivity index (χ0n) is 11.0. The molecular formula is C13H17N3O2. The third-order valence-electron chi connectivity index (χ3n) is 3.08. The predicted molar refractivity (Wildman–Crippen MR) is 68.8 cm³/mol. The number of aromatic amines is 1. The van der Waals surface area contributed by atoms with Gasteiger partial charge in [-0.25, -0.2) is 4.79 Å². The van der Waals surface area contributed by atoms with Gasteiger partial charge in [0.15, 0.2) is 0 Å². The Hall–Kier alpha value is -2.04. The minimum absolute atomic E-state index is 0.111. The Morgan fingerprint density at radius 3 is 2.50 bits per heavy atom. The van der Waals surface area contributed by atoms with Crippen LogP contribution in [0.1, 0.15) is 41.8 Å². The Labute approximate surface area is 105 Å². The second-order valence-corrected chi connectivity index (χ2v) is 4.72. The summed E-state index contributed by atoms with van der Waals surface area (Å²) < 4.78 is 2.21. The molecule has 0 aliphatic carbocycles. The number of carboxylic acid groups (broad SMARTS) is 1. The van der Waals surface area contributed by atoms with Gasteiger partial charge in [-0.05, 0) is 39.8 Å². The van der Waals surface area contributed by atoms with Gasteiger partial charge < -0.3 is 9.67 Å². The molecule has 0 aliphatic heterocycles. The van der Waals surface area contributed by atoms with Crippen LogP contribution in [-0.4, -0.2) is 25.8 Å². The van der Waals surface area contributed by atoms with Gasteiger partial charge in [0.1, 0.15) is 5.69 Å². The molecule has 0 unspecified atom stereocenters. The van der Waals surface area contributed by atoms with Crippen LogP contribution in [-0.2, 0) is 0 Å². The summed E-state index contributed by atoms with van der Waals surface area (Å²) in [6.45, 7) is 8.31. The second-order valence-electron chi connectivity index (χ2n) is 4.72. The van der Waals surface area contributed by atoms with Crippen LogP contribution in [0, 0.1) is 13.8 Å². The molecule has 2 aromatic heterocycles. The van der Waals surface area contributed by atoms with Gasteiger partial charge in [-0.1, -0.05) is 0 Å². The molecule has 2 heterocycles. The van der Waals surface area contributed by atoms with Crippen molar-refractivity contribution in [3.8, 4) is 11.3 Å². The predicted octanol–water partition coefficient (Wildman–Crippen LogP) is 2.77. The summed E-state index contributed by atoms with van der Waals surface area (Å²) in [6, 6.07) is 3.97. The highest BCUT2D eigenvalue weighted by Gasteiger charge is 2.16. The quantitative estimate of drug-likeness (QED) is 0.876. The van der Waals surface area contributed by atoms with E-state index in [4.69, 9.17) is 5.11 Å². The van der Waals surface area contributed by atoms with E-state index >= 15 is 0 Å². The first-order chi connectivity index (χ1) is 8.41. The zero-order valence-corrected chi connectivity index (χ0v) is 11.0. The van der Waals surface area contributed by atoms with Crippen LogP contribution in [0.5, 0.6) is 0 Å². The van der Waals surface area contributed by atoms with E-state index in [1.54, 1.807) is 6.07 Å². The monoisotopic (exact) mass is 247 g/mol. The fraction of sp³-hybridized carbons (Fsp3) is 0.385. The molecule has 0 atom stereocenters. The van der Waals surface area contributed by atoms with Crippen LogP contribution >= 0.6 is 0 Å². The number of aromatic nitrogens is 3. The van der Waals surface area contributed by atoms with Crippen molar-refractivity contribution in [3.63, 3.8) is 0 Å². The number of hydrogen-bond donors (Lipinski definition) is 2. The third-order valence-corrected chi connectivity index (χ3v) is 3.08. The number of rotatable bonds is 3. The highest BCUT2D eigenvalue weighted by atomic mass is 16.4. The number of aromatic carboxylic acids is 1. The summed E-state index contributed by atoms with van der Waals surface area (Å²) >= 11 is 0. The standard InChI is InChI=1S/C13H17N3O2/c1-7(2)16-8(3)5-10(9(16)4)11-6-12(13(17)18)15-14-11/h5-7H,1-4H3,(H,14,15)(H,17,18). The van der Waals surface area contributed by atoms with Gasteiger partial charge >= 0.3 is 5.97 Å². The number of hydrogen-bond acceptors (Lipinski definition) is 2. The Bertz CT molecular complexity index is 593. The van der Waals surface area contributed by atoms with Crippen molar-refractivity contribution >= 4 is 5.97 Å². The van der Waals surface area contributed by atoms with Crippen molar-refractivity contribution in [2.75, 3.05) is 0 Å². The Kier molecular flexibility index (Phi) is 2.98. The molecule has 0 fully saturated rings. The maximum atomic E-state index is 10.8. The number of carboxylic acids is 1. The SMILES string of the molecule is Cc1cc(-c2cc(C(=O)O)[nH]n2)c(C)n1C(C)C. The maximum absolute atomic E-state index is 10.8. The highest BCUT2D eigenvalue weighted by molar-refractivity contribution is 5.87. The van der Waals surface area contributed by atoms with Gasteiger partial charge in [0.05, 0.1) is 5.69 Å². The number of H-pyrrole nitrogens is 1. The zero-order chi connectivity index (χ0) is 13.4. The van der Waals surface area contributed by atoms with E-state index in [0.717, 1.165) is 17.0 Å². The number of nitrogens with zero attached hydrogens (tertiary/aromatic N) is 2. The van der Waals surface area contributed by atoms with Crippen LogP contribution in [0.3, 0.4) is 0 Å². The molecule has 96 valence electrons. The van der Waals surface area contributed by atoms with Gasteiger partial charge in [-0.2, -0.15) is 5.10 Å². The first kappa shape index (κ1) is 12.4. The van der Waals surface area contributed by atoms with Crippen molar-refractivity contribution in [2.45, 2.75) is 33.7 Å². The molecule has 5 heteroatoms. The lowest BCUT2D eigenvalue weighted by Gasteiger charge is -2.13. The van der Waals surface area contributed by atoms with Gasteiger partial charge in [-0.15, -0.1) is 0 Å². The van der Waals surface area contributed by atoms with Crippen LogP contribution < -0.4 is 0 Å². The topological polar surface area (TPSA) is 70.9 Å². The molecule has 0 aliphatic rings.